The van der Waals surface area contributed by atoms with Crippen LogP contribution in [0.5, 0.6) is 0 Å². The standard InChI is InChI=1S/C15H17ClO2S/c1-8-12-9(2)14(15(3,18-12)13(8)17)19-11-6-4-10(16)5-7-11/h4-8,12-14,17H,2H2,1,3H3/t8-,12+,13-,14+,15-/m0/s1. The van der Waals surface area contributed by atoms with E-state index in [1.807, 2.05) is 38.1 Å². The van der Waals surface area contributed by atoms with Gasteiger partial charge in [0.05, 0.1) is 17.5 Å². The Morgan fingerprint density at radius 3 is 2.58 bits per heavy atom. The Morgan fingerprint density at radius 2 is 2.00 bits per heavy atom. The third kappa shape index (κ3) is 1.95. The number of fused-ring (bicyclic) bond motifs is 2. The molecule has 5 atom stereocenters. The second-order valence-electron chi connectivity index (χ2n) is 5.55. The fourth-order valence-corrected chi connectivity index (χ4v) is 4.53. The quantitative estimate of drug-likeness (QED) is 0.847. The topological polar surface area (TPSA) is 29.5 Å². The van der Waals surface area contributed by atoms with Crippen molar-refractivity contribution in [1.29, 1.82) is 0 Å². The van der Waals surface area contributed by atoms with Crippen molar-refractivity contribution in [2.24, 2.45) is 5.92 Å². The highest BCUT2D eigenvalue weighted by Gasteiger charge is 2.62. The fraction of sp³-hybridized carbons (Fsp3) is 0.467. The van der Waals surface area contributed by atoms with Crippen LogP contribution in [-0.2, 0) is 4.74 Å². The molecule has 102 valence electrons. The molecule has 0 radical (unpaired) electrons. The molecule has 3 rings (SSSR count). The van der Waals surface area contributed by atoms with Gasteiger partial charge >= 0.3 is 0 Å². The van der Waals surface area contributed by atoms with Gasteiger partial charge in [-0.05, 0) is 36.8 Å². The molecule has 0 aliphatic carbocycles. The summed E-state index contributed by atoms with van der Waals surface area (Å²) in [5.41, 5.74) is 0.547. The highest BCUT2D eigenvalue weighted by atomic mass is 35.5. The van der Waals surface area contributed by atoms with Crippen LogP contribution in [0.3, 0.4) is 0 Å². The first-order chi connectivity index (χ1) is 8.93. The summed E-state index contributed by atoms with van der Waals surface area (Å²) < 4.78 is 6.01. The molecule has 1 N–H and O–H groups in total. The number of aliphatic hydroxyl groups excluding tert-OH is 1. The molecule has 4 heteroatoms. The lowest BCUT2D eigenvalue weighted by atomic mass is 9.78. The smallest absolute Gasteiger partial charge is 0.108 e. The maximum atomic E-state index is 10.4. The van der Waals surface area contributed by atoms with Crippen molar-refractivity contribution in [2.45, 2.75) is 41.8 Å². The van der Waals surface area contributed by atoms with Gasteiger partial charge in [0.2, 0.25) is 0 Å². The van der Waals surface area contributed by atoms with Gasteiger partial charge in [0, 0.05) is 15.8 Å². The molecule has 2 saturated heterocycles. The van der Waals surface area contributed by atoms with Crippen molar-refractivity contribution in [1.82, 2.24) is 0 Å². The number of rotatable bonds is 2. The number of hydrogen-bond acceptors (Lipinski definition) is 3. The van der Waals surface area contributed by atoms with Crippen LogP contribution < -0.4 is 0 Å². The van der Waals surface area contributed by atoms with Gasteiger partial charge in [0.25, 0.3) is 0 Å². The van der Waals surface area contributed by atoms with Crippen LogP contribution in [0.2, 0.25) is 5.02 Å². The lowest BCUT2D eigenvalue weighted by molar-refractivity contribution is -0.0284. The monoisotopic (exact) mass is 296 g/mol. The van der Waals surface area contributed by atoms with Crippen molar-refractivity contribution >= 4 is 23.4 Å². The van der Waals surface area contributed by atoms with E-state index in [2.05, 4.69) is 6.58 Å². The number of aliphatic hydroxyl groups is 1. The summed E-state index contributed by atoms with van der Waals surface area (Å²) >= 11 is 7.59. The molecule has 0 unspecified atom stereocenters. The number of benzene rings is 1. The van der Waals surface area contributed by atoms with Crippen molar-refractivity contribution in [2.75, 3.05) is 0 Å². The van der Waals surface area contributed by atoms with Gasteiger partial charge in [0.1, 0.15) is 5.60 Å². The third-order valence-electron chi connectivity index (χ3n) is 4.23. The van der Waals surface area contributed by atoms with E-state index in [1.54, 1.807) is 11.8 Å². The molecular weight excluding hydrogens is 280 g/mol. The number of ether oxygens (including phenoxy) is 1. The van der Waals surface area contributed by atoms with Crippen molar-refractivity contribution < 1.29 is 9.84 Å². The molecular formula is C15H17ClO2S. The first kappa shape index (κ1) is 13.5. The molecule has 0 amide bonds. The minimum atomic E-state index is -0.536. The maximum absolute atomic E-state index is 10.4. The molecule has 1 aromatic rings. The molecule has 2 aliphatic rings. The molecule has 0 spiro atoms. The van der Waals surface area contributed by atoms with E-state index >= 15 is 0 Å². The molecule has 19 heavy (non-hydrogen) atoms. The Bertz CT molecular complexity index is 515. The zero-order chi connectivity index (χ0) is 13.8. The fourth-order valence-electron chi connectivity index (χ4n) is 3.13. The van der Waals surface area contributed by atoms with E-state index < -0.39 is 11.7 Å². The van der Waals surface area contributed by atoms with Crippen molar-refractivity contribution in [3.8, 4) is 0 Å². The van der Waals surface area contributed by atoms with Crippen LogP contribution in [0.4, 0.5) is 0 Å². The average Bonchev–Trinajstić information content (AvgIpc) is 2.77. The van der Waals surface area contributed by atoms with Crippen LogP contribution >= 0.6 is 23.4 Å². The third-order valence-corrected chi connectivity index (χ3v) is 6.04. The van der Waals surface area contributed by atoms with Crippen LogP contribution in [0.15, 0.2) is 41.3 Å². The lowest BCUT2D eigenvalue weighted by Gasteiger charge is -2.35. The average molecular weight is 297 g/mol. The SMILES string of the molecule is C=C1[C@@H](Sc2ccc(Cl)cc2)[C@@]2(C)O[C@@H]1[C@H](C)[C@@H]2O. The van der Waals surface area contributed by atoms with E-state index in [4.69, 9.17) is 16.3 Å². The zero-order valence-corrected chi connectivity index (χ0v) is 12.5. The summed E-state index contributed by atoms with van der Waals surface area (Å²) in [6, 6.07) is 7.74. The highest BCUT2D eigenvalue weighted by Crippen LogP contribution is 2.55. The van der Waals surface area contributed by atoms with Gasteiger partial charge in [-0.3, -0.25) is 0 Å². The molecule has 2 heterocycles. The predicted molar refractivity (Wildman–Crippen MR) is 78.7 cm³/mol. The van der Waals surface area contributed by atoms with Gasteiger partial charge in [-0.2, -0.15) is 0 Å². The first-order valence-corrected chi connectivity index (χ1v) is 7.66. The predicted octanol–water partition coefficient (Wildman–Crippen LogP) is 3.53. The summed E-state index contributed by atoms with van der Waals surface area (Å²) in [5, 5.41) is 11.2. The van der Waals surface area contributed by atoms with E-state index in [-0.39, 0.29) is 17.3 Å². The molecule has 2 nitrogen and oxygen atoms in total. The summed E-state index contributed by atoms with van der Waals surface area (Å²) in [5.74, 6) is 0.125. The molecule has 2 aliphatic heterocycles. The van der Waals surface area contributed by atoms with Crippen LogP contribution in [-0.4, -0.2) is 28.2 Å². The molecule has 1 aromatic carbocycles. The summed E-state index contributed by atoms with van der Waals surface area (Å²) in [7, 11) is 0. The maximum Gasteiger partial charge on any atom is 0.108 e. The minimum Gasteiger partial charge on any atom is -0.390 e. The lowest BCUT2D eigenvalue weighted by Crippen LogP contribution is -2.48. The summed E-state index contributed by atoms with van der Waals surface area (Å²) in [6.45, 7) is 8.19. The van der Waals surface area contributed by atoms with Crippen molar-refractivity contribution in [3.63, 3.8) is 0 Å². The van der Waals surface area contributed by atoms with Gasteiger partial charge in [-0.25, -0.2) is 0 Å². The molecule has 2 bridgehead atoms. The van der Waals surface area contributed by atoms with Crippen LogP contribution in [0.25, 0.3) is 0 Å². The Labute approximate surface area is 122 Å². The highest BCUT2D eigenvalue weighted by molar-refractivity contribution is 8.00. The van der Waals surface area contributed by atoms with E-state index in [9.17, 15) is 5.11 Å². The zero-order valence-electron chi connectivity index (χ0n) is 11.0. The van der Waals surface area contributed by atoms with Gasteiger partial charge in [-0.1, -0.05) is 25.1 Å². The normalized spacial score (nSPS) is 40.9. The van der Waals surface area contributed by atoms with E-state index in [1.165, 1.54) is 0 Å². The largest absolute Gasteiger partial charge is 0.390 e. The summed E-state index contributed by atoms with van der Waals surface area (Å²) in [6.07, 6.45) is -0.461. The Kier molecular flexibility index (Phi) is 3.21. The van der Waals surface area contributed by atoms with Gasteiger partial charge in [0.15, 0.2) is 0 Å². The molecule has 2 fully saturated rings. The van der Waals surface area contributed by atoms with Crippen LogP contribution in [0, 0.1) is 5.92 Å². The Balaban J connectivity index is 1.86. The van der Waals surface area contributed by atoms with E-state index in [0.29, 0.717) is 0 Å². The van der Waals surface area contributed by atoms with Crippen LogP contribution in [0.1, 0.15) is 13.8 Å². The van der Waals surface area contributed by atoms with Gasteiger partial charge < -0.3 is 9.84 Å². The molecule has 0 saturated carbocycles. The van der Waals surface area contributed by atoms with Crippen molar-refractivity contribution in [3.05, 3.63) is 41.4 Å². The van der Waals surface area contributed by atoms with Gasteiger partial charge in [-0.15, -0.1) is 11.8 Å². The Morgan fingerprint density at radius 1 is 1.37 bits per heavy atom. The second-order valence-corrected chi connectivity index (χ2v) is 7.17. The Hall–Kier alpha value is -0.480. The van der Waals surface area contributed by atoms with E-state index in [0.717, 1.165) is 15.5 Å². The number of hydrogen-bond donors (Lipinski definition) is 1. The second kappa shape index (κ2) is 4.52. The minimum absolute atomic E-state index is 0.0233. The number of thioether (sulfide) groups is 1. The number of halogens is 1. The summed E-state index contributed by atoms with van der Waals surface area (Å²) in [4.78, 5) is 1.12. The first-order valence-electron chi connectivity index (χ1n) is 6.40. The molecule has 0 aromatic heterocycles.